The van der Waals surface area contributed by atoms with Crippen LogP contribution in [0.1, 0.15) is 78.4 Å². The van der Waals surface area contributed by atoms with Crippen LogP contribution in [0.3, 0.4) is 0 Å². The second-order valence-electron chi connectivity index (χ2n) is 7.69. The summed E-state index contributed by atoms with van der Waals surface area (Å²) in [5.74, 6) is -0.0373. The predicted octanol–water partition coefficient (Wildman–Crippen LogP) is 4.95. The molecule has 0 saturated heterocycles. The van der Waals surface area contributed by atoms with E-state index in [9.17, 15) is 9.59 Å². The molecule has 6 nitrogen and oxygen atoms in total. The van der Waals surface area contributed by atoms with Gasteiger partial charge in [0.2, 0.25) is 0 Å². The highest BCUT2D eigenvalue weighted by Crippen LogP contribution is 2.26. The lowest BCUT2D eigenvalue weighted by Crippen LogP contribution is -2.38. The number of anilines is 1. The summed E-state index contributed by atoms with van der Waals surface area (Å²) in [4.78, 5) is 27.1. The molecule has 1 aromatic heterocycles. The molecule has 1 heterocycles. The second-order valence-corrected chi connectivity index (χ2v) is 8.49. The Hall–Kier alpha value is -2.15. The van der Waals surface area contributed by atoms with E-state index in [1.54, 1.807) is 24.3 Å². The Labute approximate surface area is 174 Å². The van der Waals surface area contributed by atoms with Gasteiger partial charge in [0.25, 0.3) is 11.8 Å². The van der Waals surface area contributed by atoms with Crippen molar-refractivity contribution < 1.29 is 9.59 Å². The molecule has 1 saturated carbocycles. The Morgan fingerprint density at radius 2 is 1.82 bits per heavy atom. The monoisotopic (exact) mass is 446 g/mol. The van der Waals surface area contributed by atoms with Crippen LogP contribution in [0.5, 0.6) is 0 Å². The number of H-pyrrole nitrogens is 1. The molecule has 150 valence electrons. The highest BCUT2D eigenvalue weighted by molar-refractivity contribution is 9.10. The van der Waals surface area contributed by atoms with Crippen LogP contribution in [0.25, 0.3) is 0 Å². The number of hydrogen-bond donors (Lipinski definition) is 2. The van der Waals surface area contributed by atoms with Gasteiger partial charge in [0.1, 0.15) is 0 Å². The van der Waals surface area contributed by atoms with Gasteiger partial charge in [-0.05, 0) is 59.0 Å². The van der Waals surface area contributed by atoms with Gasteiger partial charge in [-0.15, -0.1) is 0 Å². The van der Waals surface area contributed by atoms with Gasteiger partial charge in [0.05, 0.1) is 10.2 Å². The van der Waals surface area contributed by atoms with E-state index in [0.717, 1.165) is 18.5 Å². The molecule has 28 heavy (non-hydrogen) atoms. The van der Waals surface area contributed by atoms with Crippen LogP contribution in [0.4, 0.5) is 5.69 Å². The van der Waals surface area contributed by atoms with Crippen LogP contribution < -0.4 is 5.32 Å². The number of hydrogen-bond acceptors (Lipinski definition) is 3. The van der Waals surface area contributed by atoms with E-state index in [1.807, 2.05) is 25.8 Å². The highest BCUT2D eigenvalue weighted by atomic mass is 79.9. The molecule has 2 aromatic rings. The minimum Gasteiger partial charge on any atom is -0.339 e. The summed E-state index contributed by atoms with van der Waals surface area (Å²) in [5.41, 5.74) is 2.47. The number of aromatic amines is 1. The summed E-state index contributed by atoms with van der Waals surface area (Å²) in [6.45, 7) is 4.06. The first-order valence-electron chi connectivity index (χ1n) is 9.80. The standard InChI is InChI=1S/C21H27BrN4O2/c1-13(2)18-17(22)19(25-24-18)20(27)23-15-11-9-14(10-12-15)21(28)26(3)16-7-5-4-6-8-16/h9-13,16H,4-8H2,1-3H3,(H,23,27)(H,24,25). The van der Waals surface area contributed by atoms with Gasteiger partial charge in [0.15, 0.2) is 5.69 Å². The van der Waals surface area contributed by atoms with Crippen molar-refractivity contribution in [3.8, 4) is 0 Å². The summed E-state index contributed by atoms with van der Waals surface area (Å²) in [6.07, 6.45) is 5.79. The first kappa shape index (κ1) is 20.6. The summed E-state index contributed by atoms with van der Waals surface area (Å²) >= 11 is 3.45. The number of halogens is 1. The number of carbonyl (C=O) groups is 2. The third-order valence-electron chi connectivity index (χ3n) is 5.36. The van der Waals surface area contributed by atoms with E-state index in [0.29, 0.717) is 27.5 Å². The Morgan fingerprint density at radius 1 is 1.18 bits per heavy atom. The second kappa shape index (κ2) is 8.90. The topological polar surface area (TPSA) is 78.1 Å². The van der Waals surface area contributed by atoms with Gasteiger partial charge in [-0.1, -0.05) is 33.1 Å². The smallest absolute Gasteiger partial charge is 0.277 e. The first-order chi connectivity index (χ1) is 13.4. The Bertz CT molecular complexity index is 839. The quantitative estimate of drug-likeness (QED) is 0.681. The van der Waals surface area contributed by atoms with Gasteiger partial charge in [-0.3, -0.25) is 14.7 Å². The lowest BCUT2D eigenvalue weighted by atomic mass is 9.94. The summed E-state index contributed by atoms with van der Waals surface area (Å²) in [5, 5.41) is 9.84. The van der Waals surface area contributed by atoms with Crippen LogP contribution in [0, 0.1) is 0 Å². The summed E-state index contributed by atoms with van der Waals surface area (Å²) < 4.78 is 0.681. The van der Waals surface area contributed by atoms with Crippen LogP contribution in [0.15, 0.2) is 28.7 Å². The molecule has 2 N–H and O–H groups in total. The fourth-order valence-corrected chi connectivity index (χ4v) is 4.41. The Morgan fingerprint density at radius 3 is 2.39 bits per heavy atom. The van der Waals surface area contributed by atoms with Crippen molar-refractivity contribution in [2.45, 2.75) is 57.9 Å². The van der Waals surface area contributed by atoms with Crippen molar-refractivity contribution in [1.82, 2.24) is 15.1 Å². The fraction of sp³-hybridized carbons (Fsp3) is 0.476. The van der Waals surface area contributed by atoms with E-state index >= 15 is 0 Å². The van der Waals surface area contributed by atoms with Crippen molar-refractivity contribution >= 4 is 33.4 Å². The zero-order valence-corrected chi connectivity index (χ0v) is 18.2. The highest BCUT2D eigenvalue weighted by Gasteiger charge is 2.23. The Balaban J connectivity index is 1.65. The Kier molecular flexibility index (Phi) is 6.54. The molecular formula is C21H27BrN4O2. The minimum atomic E-state index is -0.298. The maximum Gasteiger partial charge on any atom is 0.277 e. The number of aromatic nitrogens is 2. The molecule has 0 spiro atoms. The number of nitrogens with one attached hydrogen (secondary N) is 2. The molecule has 0 atom stereocenters. The molecule has 0 radical (unpaired) electrons. The molecule has 0 bridgehead atoms. The van der Waals surface area contributed by atoms with E-state index in [1.165, 1.54) is 19.3 Å². The van der Waals surface area contributed by atoms with Gasteiger partial charge in [-0.2, -0.15) is 5.10 Å². The third-order valence-corrected chi connectivity index (χ3v) is 6.16. The maximum atomic E-state index is 12.7. The molecule has 3 rings (SSSR count). The average molecular weight is 447 g/mol. The van der Waals surface area contributed by atoms with Crippen LogP contribution in [-0.2, 0) is 0 Å². The van der Waals surface area contributed by atoms with E-state index in [-0.39, 0.29) is 17.7 Å². The van der Waals surface area contributed by atoms with Gasteiger partial charge in [-0.25, -0.2) is 0 Å². The zero-order valence-electron chi connectivity index (χ0n) is 16.6. The molecule has 0 unspecified atom stereocenters. The number of carbonyl (C=O) groups excluding carboxylic acids is 2. The third kappa shape index (κ3) is 4.46. The number of rotatable bonds is 5. The minimum absolute atomic E-state index is 0.0291. The van der Waals surface area contributed by atoms with Crippen molar-refractivity contribution in [1.29, 1.82) is 0 Å². The normalized spacial score (nSPS) is 14.9. The van der Waals surface area contributed by atoms with E-state index in [4.69, 9.17) is 0 Å². The molecule has 0 aliphatic heterocycles. The van der Waals surface area contributed by atoms with Crippen LogP contribution in [-0.4, -0.2) is 40.0 Å². The molecule has 2 amide bonds. The molecule has 1 aliphatic carbocycles. The van der Waals surface area contributed by atoms with E-state index in [2.05, 4.69) is 31.4 Å². The lowest BCUT2D eigenvalue weighted by molar-refractivity contribution is 0.0696. The lowest BCUT2D eigenvalue weighted by Gasteiger charge is -2.31. The van der Waals surface area contributed by atoms with Gasteiger partial charge >= 0.3 is 0 Å². The molecule has 1 fully saturated rings. The summed E-state index contributed by atoms with van der Waals surface area (Å²) in [6, 6.07) is 7.35. The fourth-order valence-electron chi connectivity index (χ4n) is 3.60. The number of benzene rings is 1. The van der Waals surface area contributed by atoms with Crippen LogP contribution >= 0.6 is 15.9 Å². The van der Waals surface area contributed by atoms with Crippen LogP contribution in [0.2, 0.25) is 0 Å². The maximum absolute atomic E-state index is 12.7. The first-order valence-corrected chi connectivity index (χ1v) is 10.6. The predicted molar refractivity (Wildman–Crippen MR) is 114 cm³/mol. The van der Waals surface area contributed by atoms with E-state index < -0.39 is 0 Å². The summed E-state index contributed by atoms with van der Waals surface area (Å²) in [7, 11) is 1.88. The molecule has 7 heteroatoms. The molecule has 1 aromatic carbocycles. The molecular weight excluding hydrogens is 420 g/mol. The SMILES string of the molecule is CC(C)c1[nH]nc(C(=O)Nc2ccc(C(=O)N(C)C3CCCCC3)cc2)c1Br. The van der Waals surface area contributed by atoms with Gasteiger partial charge < -0.3 is 10.2 Å². The van der Waals surface area contributed by atoms with Gasteiger partial charge in [0, 0.05) is 24.3 Å². The molecule has 1 aliphatic rings. The zero-order chi connectivity index (χ0) is 20.3. The average Bonchev–Trinajstić information content (AvgIpc) is 3.10. The number of nitrogens with zero attached hydrogens (tertiary/aromatic N) is 2. The van der Waals surface area contributed by atoms with Crippen molar-refractivity contribution in [2.75, 3.05) is 12.4 Å². The van der Waals surface area contributed by atoms with Crippen molar-refractivity contribution in [3.63, 3.8) is 0 Å². The largest absolute Gasteiger partial charge is 0.339 e. The number of amides is 2. The van der Waals surface area contributed by atoms with Crippen molar-refractivity contribution in [2.24, 2.45) is 0 Å². The van der Waals surface area contributed by atoms with Crippen molar-refractivity contribution in [3.05, 3.63) is 45.7 Å².